The largest absolute Gasteiger partial charge is 0.399 e. The Morgan fingerprint density at radius 2 is 2.38 bits per heavy atom. The van der Waals surface area contributed by atoms with E-state index < -0.39 is 0 Å². The summed E-state index contributed by atoms with van der Waals surface area (Å²) in [5.74, 6) is 0. The maximum absolute atomic E-state index is 8.53. The fourth-order valence-corrected chi connectivity index (χ4v) is 1.48. The van der Waals surface area contributed by atoms with E-state index >= 15 is 0 Å². The van der Waals surface area contributed by atoms with Crippen molar-refractivity contribution in [2.45, 2.75) is 0 Å². The summed E-state index contributed by atoms with van der Waals surface area (Å²) >= 11 is 0. The van der Waals surface area contributed by atoms with Gasteiger partial charge in [-0.15, -0.1) is 0 Å². The minimum absolute atomic E-state index is 0.715. The molecule has 0 aromatic heterocycles. The van der Waals surface area contributed by atoms with Crippen molar-refractivity contribution < 1.29 is 0 Å². The molecule has 0 amide bonds. The Bertz CT molecular complexity index is 413. The monoisotopic (exact) mass is 171 g/mol. The molecule has 13 heavy (non-hydrogen) atoms. The third-order valence-corrected chi connectivity index (χ3v) is 2.10. The van der Waals surface area contributed by atoms with Crippen LogP contribution in [0.25, 0.3) is 5.57 Å². The van der Waals surface area contributed by atoms with Crippen molar-refractivity contribution >= 4 is 16.9 Å². The topological polar surface area (TPSA) is 61.8 Å². The third-order valence-electron chi connectivity index (χ3n) is 2.10. The number of nitrogen functional groups attached to an aromatic ring is 1. The number of rotatable bonds is 0. The quantitative estimate of drug-likeness (QED) is 0.460. The Balaban J connectivity index is 2.51. The highest BCUT2D eigenvalue weighted by Crippen LogP contribution is 2.31. The van der Waals surface area contributed by atoms with Gasteiger partial charge in [-0.2, -0.15) is 5.26 Å². The highest BCUT2D eigenvalue weighted by Gasteiger charge is 2.14. The Labute approximate surface area is 76.5 Å². The second-order valence-electron chi connectivity index (χ2n) is 2.96. The molecule has 0 fully saturated rings. The molecule has 1 aromatic rings. The zero-order chi connectivity index (χ0) is 9.26. The smallest absolute Gasteiger partial charge is 0.0915 e. The molecule has 0 unspecified atom stereocenters. The summed E-state index contributed by atoms with van der Waals surface area (Å²) in [6.45, 7) is 0.715. The molecule has 3 nitrogen and oxygen atoms in total. The van der Waals surface area contributed by atoms with Crippen molar-refractivity contribution in [1.82, 2.24) is 0 Å². The fourth-order valence-electron chi connectivity index (χ4n) is 1.48. The van der Waals surface area contributed by atoms with E-state index in [0.29, 0.717) is 6.54 Å². The van der Waals surface area contributed by atoms with Gasteiger partial charge in [-0.05, 0) is 17.7 Å². The van der Waals surface area contributed by atoms with Crippen LogP contribution >= 0.6 is 0 Å². The van der Waals surface area contributed by atoms with Gasteiger partial charge in [0, 0.05) is 29.6 Å². The molecule has 0 atom stereocenters. The van der Waals surface area contributed by atoms with Crippen molar-refractivity contribution in [2.24, 2.45) is 0 Å². The maximum atomic E-state index is 8.53. The molecule has 1 aromatic carbocycles. The van der Waals surface area contributed by atoms with Gasteiger partial charge >= 0.3 is 0 Å². The summed E-state index contributed by atoms with van der Waals surface area (Å²) in [6, 6.07) is 7.70. The molecule has 0 aliphatic carbocycles. The zero-order valence-corrected chi connectivity index (χ0v) is 7.04. The molecule has 0 saturated carbocycles. The fraction of sp³-hybridized carbons (Fsp3) is 0.100. The number of nitrogens with two attached hydrogens (primary N) is 1. The Kier molecular flexibility index (Phi) is 1.67. The molecule has 1 heterocycles. The number of nitriles is 1. The van der Waals surface area contributed by atoms with Gasteiger partial charge in [0.05, 0.1) is 6.07 Å². The van der Waals surface area contributed by atoms with Gasteiger partial charge < -0.3 is 11.1 Å². The van der Waals surface area contributed by atoms with Crippen LogP contribution in [-0.4, -0.2) is 6.54 Å². The maximum Gasteiger partial charge on any atom is 0.0915 e. The highest BCUT2D eigenvalue weighted by molar-refractivity contribution is 5.86. The zero-order valence-electron chi connectivity index (χ0n) is 7.04. The predicted octanol–water partition coefficient (Wildman–Crippen LogP) is 1.60. The summed E-state index contributed by atoms with van der Waals surface area (Å²) in [5, 5.41) is 11.7. The van der Waals surface area contributed by atoms with Crippen LogP contribution in [0.2, 0.25) is 0 Å². The molecule has 2 rings (SSSR count). The number of anilines is 2. The molecule has 0 radical (unpaired) electrons. The number of allylic oxidation sites excluding steroid dienone is 1. The second kappa shape index (κ2) is 2.83. The Morgan fingerprint density at radius 3 is 3.15 bits per heavy atom. The molecular formula is C10H9N3. The molecule has 1 aliphatic heterocycles. The summed E-state index contributed by atoms with van der Waals surface area (Å²) in [7, 11) is 0. The SMILES string of the molecule is N#C/C=C1\CNc2cc(N)ccc21. The van der Waals surface area contributed by atoms with E-state index in [1.54, 1.807) is 6.08 Å². The van der Waals surface area contributed by atoms with E-state index in [1.165, 1.54) is 0 Å². The van der Waals surface area contributed by atoms with E-state index in [-0.39, 0.29) is 0 Å². The average molecular weight is 171 g/mol. The number of nitrogens with zero attached hydrogens (tertiary/aromatic N) is 1. The normalized spacial score (nSPS) is 16.4. The van der Waals surface area contributed by atoms with Crippen LogP contribution in [-0.2, 0) is 0 Å². The van der Waals surface area contributed by atoms with E-state index in [9.17, 15) is 0 Å². The average Bonchev–Trinajstić information content (AvgIpc) is 2.49. The van der Waals surface area contributed by atoms with Gasteiger partial charge in [0.15, 0.2) is 0 Å². The van der Waals surface area contributed by atoms with Crippen LogP contribution in [0.5, 0.6) is 0 Å². The number of hydrogen-bond donors (Lipinski definition) is 2. The van der Waals surface area contributed by atoms with Crippen molar-refractivity contribution in [3.8, 4) is 6.07 Å². The predicted molar refractivity (Wildman–Crippen MR) is 52.9 cm³/mol. The Hall–Kier alpha value is -1.95. The van der Waals surface area contributed by atoms with Crippen LogP contribution in [0.4, 0.5) is 11.4 Å². The van der Waals surface area contributed by atoms with Gasteiger partial charge in [-0.25, -0.2) is 0 Å². The van der Waals surface area contributed by atoms with Gasteiger partial charge in [-0.3, -0.25) is 0 Å². The van der Waals surface area contributed by atoms with Crippen molar-refractivity contribution in [3.63, 3.8) is 0 Å². The second-order valence-corrected chi connectivity index (χ2v) is 2.96. The molecule has 64 valence electrons. The first-order chi connectivity index (χ1) is 6.31. The van der Waals surface area contributed by atoms with Gasteiger partial charge in [0.25, 0.3) is 0 Å². The lowest BCUT2D eigenvalue weighted by Crippen LogP contribution is -1.91. The number of fused-ring (bicyclic) bond motifs is 1. The van der Waals surface area contributed by atoms with Crippen LogP contribution in [0.15, 0.2) is 24.3 Å². The van der Waals surface area contributed by atoms with Crippen molar-refractivity contribution in [3.05, 3.63) is 29.8 Å². The van der Waals surface area contributed by atoms with Gasteiger partial charge in [0.2, 0.25) is 0 Å². The first-order valence-corrected chi connectivity index (χ1v) is 4.03. The standard InChI is InChI=1S/C10H9N3/c11-4-3-7-6-13-10-5-8(12)1-2-9(7)10/h1-3,5,13H,6,12H2/b7-3+. The number of nitrogens with one attached hydrogen (secondary N) is 1. The summed E-state index contributed by atoms with van der Waals surface area (Å²) in [5.41, 5.74) is 9.49. The number of benzene rings is 1. The van der Waals surface area contributed by atoms with E-state index in [4.69, 9.17) is 11.0 Å². The van der Waals surface area contributed by atoms with Crippen molar-refractivity contribution in [2.75, 3.05) is 17.6 Å². The molecule has 0 saturated heterocycles. The molecule has 3 N–H and O–H groups in total. The van der Waals surface area contributed by atoms with Crippen LogP contribution in [0, 0.1) is 11.3 Å². The van der Waals surface area contributed by atoms with Crippen LogP contribution in [0.1, 0.15) is 5.56 Å². The molecular weight excluding hydrogens is 162 g/mol. The van der Waals surface area contributed by atoms with Crippen LogP contribution in [0.3, 0.4) is 0 Å². The first-order valence-electron chi connectivity index (χ1n) is 4.03. The van der Waals surface area contributed by atoms with Crippen molar-refractivity contribution in [1.29, 1.82) is 5.26 Å². The molecule has 0 spiro atoms. The van der Waals surface area contributed by atoms with E-state index in [1.807, 2.05) is 24.3 Å². The van der Waals surface area contributed by atoms with Crippen LogP contribution < -0.4 is 11.1 Å². The minimum Gasteiger partial charge on any atom is -0.399 e. The summed E-state index contributed by atoms with van der Waals surface area (Å²) in [6.07, 6.45) is 1.56. The van der Waals surface area contributed by atoms with E-state index in [0.717, 1.165) is 22.5 Å². The number of hydrogen-bond acceptors (Lipinski definition) is 3. The van der Waals surface area contributed by atoms with Gasteiger partial charge in [0.1, 0.15) is 0 Å². The Morgan fingerprint density at radius 1 is 1.54 bits per heavy atom. The summed E-state index contributed by atoms with van der Waals surface area (Å²) < 4.78 is 0. The van der Waals surface area contributed by atoms with Gasteiger partial charge in [-0.1, -0.05) is 6.07 Å². The minimum atomic E-state index is 0.715. The van der Waals surface area contributed by atoms with E-state index in [2.05, 4.69) is 5.32 Å². The lowest BCUT2D eigenvalue weighted by atomic mass is 10.1. The summed E-state index contributed by atoms with van der Waals surface area (Å²) in [4.78, 5) is 0. The molecule has 0 bridgehead atoms. The molecule has 3 heteroatoms. The third kappa shape index (κ3) is 1.23. The lowest BCUT2D eigenvalue weighted by molar-refractivity contribution is 1.44. The highest BCUT2D eigenvalue weighted by atomic mass is 14.9. The lowest BCUT2D eigenvalue weighted by Gasteiger charge is -1.99. The first kappa shape index (κ1) is 7.69. The molecule has 1 aliphatic rings.